The topological polar surface area (TPSA) is 43.1 Å². The summed E-state index contributed by atoms with van der Waals surface area (Å²) < 4.78 is 0. The maximum Gasteiger partial charge on any atom is 0.220 e. The van der Waals surface area contributed by atoms with Gasteiger partial charge in [-0.3, -0.25) is 4.79 Å². The lowest BCUT2D eigenvalue weighted by atomic mass is 9.93. The van der Waals surface area contributed by atoms with Gasteiger partial charge in [-0.2, -0.15) is 0 Å². The molecule has 2 heteroatoms. The Hall–Kier alpha value is -1.31. The molecule has 0 aliphatic heterocycles. The van der Waals surface area contributed by atoms with Gasteiger partial charge in [0.1, 0.15) is 0 Å². The van der Waals surface area contributed by atoms with Gasteiger partial charge in [-0.25, -0.2) is 0 Å². The molecule has 0 bridgehead atoms. The van der Waals surface area contributed by atoms with Gasteiger partial charge in [0.25, 0.3) is 0 Å². The lowest BCUT2D eigenvalue weighted by Crippen LogP contribution is -2.23. The molecule has 1 atom stereocenters. The molecule has 0 spiro atoms. The molecule has 0 fully saturated rings. The van der Waals surface area contributed by atoms with Crippen molar-refractivity contribution in [3.8, 4) is 0 Å². The van der Waals surface area contributed by atoms with E-state index in [1.807, 2.05) is 6.07 Å². The molecule has 0 heterocycles. The summed E-state index contributed by atoms with van der Waals surface area (Å²) in [6, 6.07) is 10.5. The largest absolute Gasteiger partial charge is 0.369 e. The van der Waals surface area contributed by atoms with Crippen LogP contribution in [0.4, 0.5) is 0 Å². The number of aryl methyl sites for hydroxylation is 1. The van der Waals surface area contributed by atoms with E-state index in [1.54, 1.807) is 0 Å². The number of nitrogens with two attached hydrogens (primary N) is 1. The number of benzene rings is 1. The predicted octanol–water partition coefficient (Wildman–Crippen LogP) is 4.47. The molecule has 0 aliphatic rings. The van der Waals surface area contributed by atoms with Gasteiger partial charge in [0.2, 0.25) is 5.91 Å². The van der Waals surface area contributed by atoms with Crippen molar-refractivity contribution in [2.45, 2.75) is 64.7 Å². The van der Waals surface area contributed by atoms with Crippen molar-refractivity contribution in [3.63, 3.8) is 0 Å². The van der Waals surface area contributed by atoms with E-state index in [1.165, 1.54) is 24.8 Å². The van der Waals surface area contributed by atoms with Crippen molar-refractivity contribution in [1.29, 1.82) is 0 Å². The Labute approximate surface area is 123 Å². The molecule has 2 nitrogen and oxygen atoms in total. The van der Waals surface area contributed by atoms with E-state index < -0.39 is 0 Å². The molecule has 2 N–H and O–H groups in total. The number of rotatable bonds is 11. The van der Waals surface area contributed by atoms with Crippen molar-refractivity contribution < 1.29 is 4.79 Å². The van der Waals surface area contributed by atoms with Crippen molar-refractivity contribution in [2.24, 2.45) is 11.7 Å². The first-order valence-corrected chi connectivity index (χ1v) is 8.07. The minimum absolute atomic E-state index is 0.0858. The van der Waals surface area contributed by atoms with E-state index in [-0.39, 0.29) is 11.8 Å². The Bertz CT molecular complexity index is 361. The Balaban J connectivity index is 2.17. The van der Waals surface area contributed by atoms with E-state index in [2.05, 4.69) is 31.2 Å². The van der Waals surface area contributed by atoms with Crippen molar-refractivity contribution in [1.82, 2.24) is 0 Å². The molecule has 1 rings (SSSR count). The fourth-order valence-corrected chi connectivity index (χ4v) is 2.61. The molecule has 0 unspecified atom stereocenters. The zero-order valence-electron chi connectivity index (χ0n) is 12.8. The zero-order chi connectivity index (χ0) is 14.6. The van der Waals surface area contributed by atoms with Crippen molar-refractivity contribution >= 4 is 5.91 Å². The van der Waals surface area contributed by atoms with Crippen LogP contribution in [0.25, 0.3) is 0 Å². The Kier molecular flexibility index (Phi) is 8.77. The van der Waals surface area contributed by atoms with E-state index in [9.17, 15) is 4.79 Å². The van der Waals surface area contributed by atoms with Crippen LogP contribution in [0.3, 0.4) is 0 Å². The highest BCUT2D eigenvalue weighted by atomic mass is 16.1. The van der Waals surface area contributed by atoms with Crippen LogP contribution in [0, 0.1) is 5.92 Å². The molecule has 0 saturated carbocycles. The van der Waals surface area contributed by atoms with Crippen LogP contribution in [0.5, 0.6) is 0 Å². The molecular formula is C18H29NO. The number of carbonyl (C=O) groups excluding carboxylic acids is 1. The second-order valence-corrected chi connectivity index (χ2v) is 5.68. The smallest absolute Gasteiger partial charge is 0.220 e. The molecule has 112 valence electrons. The maximum absolute atomic E-state index is 11.4. The van der Waals surface area contributed by atoms with Gasteiger partial charge in [-0.15, -0.1) is 0 Å². The van der Waals surface area contributed by atoms with E-state index in [4.69, 9.17) is 5.73 Å². The first kappa shape index (κ1) is 16.7. The van der Waals surface area contributed by atoms with Gasteiger partial charge < -0.3 is 5.73 Å². The van der Waals surface area contributed by atoms with E-state index >= 15 is 0 Å². The standard InChI is InChI=1S/C18H29NO/c1-2-3-4-8-14-17(18(19)20)15-10-9-13-16-11-6-5-7-12-16/h5-7,11-12,17H,2-4,8-10,13-15H2,1H3,(H2,19,20)/t17-/m1/s1. The lowest BCUT2D eigenvalue weighted by Gasteiger charge is -2.13. The van der Waals surface area contributed by atoms with Gasteiger partial charge in [0.05, 0.1) is 0 Å². The van der Waals surface area contributed by atoms with Crippen LogP contribution in [0.2, 0.25) is 0 Å². The number of primary amides is 1. The highest BCUT2D eigenvalue weighted by molar-refractivity contribution is 5.76. The normalized spacial score (nSPS) is 12.2. The summed E-state index contributed by atoms with van der Waals surface area (Å²) in [7, 11) is 0. The minimum atomic E-state index is -0.110. The quantitative estimate of drug-likeness (QED) is 0.595. The molecule has 0 radical (unpaired) electrons. The second-order valence-electron chi connectivity index (χ2n) is 5.68. The van der Waals surface area contributed by atoms with Crippen molar-refractivity contribution in [2.75, 3.05) is 0 Å². The molecule has 0 aromatic heterocycles. The number of carbonyl (C=O) groups is 1. The van der Waals surface area contributed by atoms with Gasteiger partial charge in [0, 0.05) is 5.92 Å². The van der Waals surface area contributed by atoms with Crippen LogP contribution >= 0.6 is 0 Å². The van der Waals surface area contributed by atoms with Crippen molar-refractivity contribution in [3.05, 3.63) is 35.9 Å². The summed E-state index contributed by atoms with van der Waals surface area (Å²) in [5, 5.41) is 0. The Morgan fingerprint density at radius 1 is 1.00 bits per heavy atom. The molecule has 20 heavy (non-hydrogen) atoms. The number of amides is 1. The summed E-state index contributed by atoms with van der Waals surface area (Å²) in [5.41, 5.74) is 6.89. The fourth-order valence-electron chi connectivity index (χ4n) is 2.61. The SMILES string of the molecule is CCCCCC[C@H](CCCCc1ccccc1)C(N)=O. The summed E-state index contributed by atoms with van der Waals surface area (Å²) in [4.78, 5) is 11.4. The van der Waals surface area contributed by atoms with Crippen LogP contribution in [0.15, 0.2) is 30.3 Å². The summed E-state index contributed by atoms with van der Waals surface area (Å²) in [6.07, 6.45) is 10.1. The molecule has 1 aromatic carbocycles. The summed E-state index contributed by atoms with van der Waals surface area (Å²) in [6.45, 7) is 2.20. The highest BCUT2D eigenvalue weighted by Crippen LogP contribution is 2.18. The Morgan fingerprint density at radius 2 is 1.65 bits per heavy atom. The van der Waals surface area contributed by atoms with Gasteiger partial charge in [0.15, 0.2) is 0 Å². The average Bonchev–Trinajstić information content (AvgIpc) is 2.46. The molecule has 1 aromatic rings. The van der Waals surface area contributed by atoms with Crippen LogP contribution in [0.1, 0.15) is 63.9 Å². The third-order valence-electron chi connectivity index (χ3n) is 3.92. The number of hydrogen-bond donors (Lipinski definition) is 1. The first-order valence-electron chi connectivity index (χ1n) is 8.07. The molecule has 0 aliphatic carbocycles. The van der Waals surface area contributed by atoms with Gasteiger partial charge in [-0.1, -0.05) is 69.4 Å². The van der Waals surface area contributed by atoms with E-state index in [0.29, 0.717) is 0 Å². The van der Waals surface area contributed by atoms with Crippen LogP contribution < -0.4 is 5.73 Å². The summed E-state index contributed by atoms with van der Waals surface area (Å²) >= 11 is 0. The van der Waals surface area contributed by atoms with Gasteiger partial charge >= 0.3 is 0 Å². The average molecular weight is 275 g/mol. The Morgan fingerprint density at radius 3 is 2.25 bits per heavy atom. The third kappa shape index (κ3) is 7.32. The van der Waals surface area contributed by atoms with E-state index in [0.717, 1.165) is 38.5 Å². The number of unbranched alkanes of at least 4 members (excludes halogenated alkanes) is 4. The van der Waals surface area contributed by atoms with Gasteiger partial charge in [-0.05, 0) is 31.2 Å². The highest BCUT2D eigenvalue weighted by Gasteiger charge is 2.14. The third-order valence-corrected chi connectivity index (χ3v) is 3.92. The minimum Gasteiger partial charge on any atom is -0.369 e. The molecular weight excluding hydrogens is 246 g/mol. The molecule has 0 saturated heterocycles. The van der Waals surface area contributed by atoms with Crippen LogP contribution in [-0.2, 0) is 11.2 Å². The second kappa shape index (κ2) is 10.5. The van der Waals surface area contributed by atoms with Crippen LogP contribution in [-0.4, -0.2) is 5.91 Å². The monoisotopic (exact) mass is 275 g/mol. The number of hydrogen-bond acceptors (Lipinski definition) is 1. The first-order chi connectivity index (χ1) is 9.74. The predicted molar refractivity (Wildman–Crippen MR) is 85.4 cm³/mol. The summed E-state index contributed by atoms with van der Waals surface area (Å²) in [5.74, 6) is -0.0242. The zero-order valence-corrected chi connectivity index (χ0v) is 12.8. The lowest BCUT2D eigenvalue weighted by molar-refractivity contribution is -0.122. The molecule has 1 amide bonds. The fraction of sp³-hybridized carbons (Fsp3) is 0.611. The maximum atomic E-state index is 11.4.